The number of carbonyl (C=O) groups excluding carboxylic acids is 3. The molecule has 1 saturated heterocycles. The van der Waals surface area contributed by atoms with Gasteiger partial charge in [0, 0.05) is 17.0 Å². The zero-order chi connectivity index (χ0) is 28.8. The Morgan fingerprint density at radius 1 is 1.00 bits per heavy atom. The fraction of sp³-hybridized carbons (Fsp3) is 0.267. The normalized spacial score (nSPS) is 21.5. The molecule has 3 aromatic carbocycles. The van der Waals surface area contributed by atoms with E-state index < -0.39 is 23.9 Å². The number of fused-ring (bicyclic) bond motifs is 1. The zero-order valence-corrected chi connectivity index (χ0v) is 23.4. The number of anilines is 1. The third-order valence-electron chi connectivity index (χ3n) is 7.60. The van der Waals surface area contributed by atoms with Crippen molar-refractivity contribution in [1.29, 1.82) is 0 Å². The Hall–Kier alpha value is -4.57. The Balaban J connectivity index is 1.27. The topological polar surface area (TPSA) is 107 Å². The van der Waals surface area contributed by atoms with Crippen LogP contribution in [0.1, 0.15) is 34.7 Å². The SMILES string of the molecule is COc1ccc([C@@H]2CC(c3ccc(C)cc3C)=NN2C(=O)CN2N=N[C@@H]3C(=O)N(c4ccc(Cl)cc4)C(=O)[C@H]32)cc1. The van der Waals surface area contributed by atoms with Crippen LogP contribution >= 0.6 is 11.6 Å². The van der Waals surface area contributed by atoms with Crippen LogP contribution in [0.3, 0.4) is 0 Å². The van der Waals surface area contributed by atoms with Crippen LogP contribution in [0.5, 0.6) is 5.75 Å². The highest BCUT2D eigenvalue weighted by Crippen LogP contribution is 2.36. The first kappa shape index (κ1) is 26.6. The first-order valence-electron chi connectivity index (χ1n) is 13.2. The first-order chi connectivity index (χ1) is 19.7. The summed E-state index contributed by atoms with van der Waals surface area (Å²) in [7, 11) is 1.60. The zero-order valence-electron chi connectivity index (χ0n) is 22.7. The number of benzene rings is 3. The molecule has 0 unspecified atom stereocenters. The standard InChI is InChI=1S/C30H27ClN6O4/c1-17-4-13-23(18(2)14-17)24-15-25(19-5-11-22(41-3)12-6-19)37(33-24)26(38)16-35-28-27(32-34-35)29(39)36(30(28)40)21-9-7-20(31)8-10-21/h4-14,25,27-28H,15-16H2,1-3H3/t25-,27-,28-/m0/s1. The van der Waals surface area contributed by atoms with Crippen LogP contribution in [0.15, 0.2) is 82.2 Å². The van der Waals surface area contributed by atoms with E-state index in [1.165, 1.54) is 10.0 Å². The molecule has 0 aromatic heterocycles. The lowest BCUT2D eigenvalue weighted by Gasteiger charge is -2.25. The second-order valence-electron chi connectivity index (χ2n) is 10.3. The molecule has 10 nitrogen and oxygen atoms in total. The van der Waals surface area contributed by atoms with Crippen LogP contribution in [0, 0.1) is 13.8 Å². The van der Waals surface area contributed by atoms with Gasteiger partial charge in [0.05, 0.1) is 24.6 Å². The number of methoxy groups -OCH3 is 1. The molecular weight excluding hydrogens is 544 g/mol. The average Bonchev–Trinajstić information content (AvgIpc) is 3.65. The number of rotatable bonds is 6. The predicted octanol–water partition coefficient (Wildman–Crippen LogP) is 4.64. The number of imide groups is 1. The molecule has 3 amide bonds. The number of aryl methyl sites for hydroxylation is 2. The molecule has 3 aliphatic heterocycles. The highest BCUT2D eigenvalue weighted by molar-refractivity contribution is 6.31. The summed E-state index contributed by atoms with van der Waals surface area (Å²) < 4.78 is 5.31. The summed E-state index contributed by atoms with van der Waals surface area (Å²) in [5.74, 6) is -0.644. The maximum atomic E-state index is 13.8. The lowest BCUT2D eigenvalue weighted by molar-refractivity contribution is -0.135. The Morgan fingerprint density at radius 2 is 1.73 bits per heavy atom. The number of carbonyl (C=O) groups is 3. The van der Waals surface area contributed by atoms with E-state index in [1.54, 1.807) is 31.4 Å². The molecule has 0 bridgehead atoms. The summed E-state index contributed by atoms with van der Waals surface area (Å²) in [6.45, 7) is 3.79. The van der Waals surface area contributed by atoms with Gasteiger partial charge in [-0.3, -0.25) is 19.4 Å². The molecular formula is C30H27ClN6O4. The van der Waals surface area contributed by atoms with Gasteiger partial charge in [0.25, 0.3) is 17.7 Å². The number of amides is 3. The van der Waals surface area contributed by atoms with E-state index in [9.17, 15) is 14.4 Å². The smallest absolute Gasteiger partial charge is 0.264 e. The van der Waals surface area contributed by atoms with Crippen LogP contribution in [-0.4, -0.2) is 59.2 Å². The van der Waals surface area contributed by atoms with Crippen LogP contribution < -0.4 is 9.64 Å². The van der Waals surface area contributed by atoms with Gasteiger partial charge in [-0.25, -0.2) is 9.91 Å². The molecule has 0 radical (unpaired) electrons. The second kappa shape index (κ2) is 10.4. The third kappa shape index (κ3) is 4.74. The number of ether oxygens (including phenoxy) is 1. The van der Waals surface area contributed by atoms with Crippen LogP contribution in [0.25, 0.3) is 0 Å². The average molecular weight is 571 g/mol. The molecule has 3 heterocycles. The second-order valence-corrected chi connectivity index (χ2v) is 10.7. The van der Waals surface area contributed by atoms with E-state index in [1.807, 2.05) is 50.2 Å². The maximum Gasteiger partial charge on any atom is 0.264 e. The number of nitrogens with zero attached hydrogens (tertiary/aromatic N) is 6. The summed E-state index contributed by atoms with van der Waals surface area (Å²) in [6.07, 6.45) is 0.511. The van der Waals surface area contributed by atoms with Crippen molar-refractivity contribution in [3.63, 3.8) is 0 Å². The molecule has 3 aromatic rings. The Kier molecular flexibility index (Phi) is 6.78. The highest BCUT2D eigenvalue weighted by Gasteiger charge is 2.55. The minimum atomic E-state index is -1.02. The third-order valence-corrected chi connectivity index (χ3v) is 7.85. The van der Waals surface area contributed by atoms with Gasteiger partial charge in [-0.1, -0.05) is 52.7 Å². The fourth-order valence-electron chi connectivity index (χ4n) is 5.54. The summed E-state index contributed by atoms with van der Waals surface area (Å²) in [4.78, 5) is 41.4. The summed E-state index contributed by atoms with van der Waals surface area (Å²) in [5, 5.41) is 16.1. The molecule has 0 aliphatic carbocycles. The molecule has 11 heteroatoms. The maximum absolute atomic E-state index is 13.8. The van der Waals surface area contributed by atoms with Gasteiger partial charge in [-0.15, -0.1) is 0 Å². The molecule has 0 spiro atoms. The summed E-state index contributed by atoms with van der Waals surface area (Å²) >= 11 is 5.98. The molecule has 3 atom stereocenters. The van der Waals surface area contributed by atoms with Crippen molar-refractivity contribution in [2.24, 2.45) is 15.4 Å². The van der Waals surface area contributed by atoms with E-state index in [-0.39, 0.29) is 18.5 Å². The van der Waals surface area contributed by atoms with Gasteiger partial charge in [-0.05, 0) is 61.4 Å². The summed E-state index contributed by atoms with van der Waals surface area (Å²) in [5.41, 5.74) is 5.26. The van der Waals surface area contributed by atoms with Crippen molar-refractivity contribution < 1.29 is 19.1 Å². The van der Waals surface area contributed by atoms with Gasteiger partial charge < -0.3 is 4.74 Å². The van der Waals surface area contributed by atoms with E-state index in [0.717, 1.165) is 32.9 Å². The van der Waals surface area contributed by atoms with Gasteiger partial charge >= 0.3 is 0 Å². The molecule has 0 saturated carbocycles. The van der Waals surface area contributed by atoms with Gasteiger partial charge in [0.15, 0.2) is 12.1 Å². The lowest BCUT2D eigenvalue weighted by atomic mass is 9.95. The number of hydrogen-bond acceptors (Lipinski definition) is 8. The molecule has 41 heavy (non-hydrogen) atoms. The van der Waals surface area contributed by atoms with Gasteiger partial charge in [-0.2, -0.15) is 10.2 Å². The minimum Gasteiger partial charge on any atom is -0.497 e. The van der Waals surface area contributed by atoms with Gasteiger partial charge in [0.1, 0.15) is 12.3 Å². The van der Waals surface area contributed by atoms with Crippen molar-refractivity contribution in [2.75, 3.05) is 18.6 Å². The predicted molar refractivity (Wildman–Crippen MR) is 153 cm³/mol. The lowest BCUT2D eigenvalue weighted by Crippen LogP contribution is -2.44. The quantitative estimate of drug-likeness (QED) is 0.401. The molecule has 1 fully saturated rings. The molecule has 6 rings (SSSR count). The first-order valence-corrected chi connectivity index (χ1v) is 13.5. The van der Waals surface area contributed by atoms with Crippen molar-refractivity contribution in [3.05, 3.63) is 94.0 Å². The Labute approximate surface area is 241 Å². The Morgan fingerprint density at radius 3 is 2.41 bits per heavy atom. The van der Waals surface area contributed by atoms with Crippen LogP contribution in [-0.2, 0) is 14.4 Å². The Bertz CT molecular complexity index is 1600. The van der Waals surface area contributed by atoms with E-state index in [2.05, 4.69) is 16.4 Å². The van der Waals surface area contributed by atoms with E-state index >= 15 is 0 Å². The highest BCUT2D eigenvalue weighted by atomic mass is 35.5. The number of halogens is 1. The molecule has 0 N–H and O–H groups in total. The summed E-state index contributed by atoms with van der Waals surface area (Å²) in [6, 6.07) is 17.7. The van der Waals surface area contributed by atoms with Crippen molar-refractivity contribution in [3.8, 4) is 5.75 Å². The number of hydrogen-bond donors (Lipinski definition) is 0. The molecule has 208 valence electrons. The van der Waals surface area contributed by atoms with Crippen LogP contribution in [0.2, 0.25) is 5.02 Å². The minimum absolute atomic E-state index is 0.269. The van der Waals surface area contributed by atoms with Crippen LogP contribution in [0.4, 0.5) is 5.69 Å². The molecule has 3 aliphatic rings. The van der Waals surface area contributed by atoms with E-state index in [4.69, 9.17) is 21.4 Å². The van der Waals surface area contributed by atoms with Gasteiger partial charge in [0.2, 0.25) is 0 Å². The van der Waals surface area contributed by atoms with Crippen molar-refractivity contribution in [2.45, 2.75) is 38.4 Å². The van der Waals surface area contributed by atoms with E-state index in [0.29, 0.717) is 22.9 Å². The monoisotopic (exact) mass is 570 g/mol. The van der Waals surface area contributed by atoms with Crippen molar-refractivity contribution in [1.82, 2.24) is 10.0 Å². The largest absolute Gasteiger partial charge is 0.497 e. The number of hydrazone groups is 1. The van der Waals surface area contributed by atoms with Crippen molar-refractivity contribution >= 4 is 40.7 Å². The fourth-order valence-corrected chi connectivity index (χ4v) is 5.66.